The summed E-state index contributed by atoms with van der Waals surface area (Å²) < 4.78 is 14.7. The van der Waals surface area contributed by atoms with Crippen LogP contribution < -0.4 is 15.0 Å². The fourth-order valence-corrected chi connectivity index (χ4v) is 4.12. The van der Waals surface area contributed by atoms with Crippen LogP contribution in [0.1, 0.15) is 22.5 Å². The van der Waals surface area contributed by atoms with Gasteiger partial charge in [0.1, 0.15) is 18.1 Å². The van der Waals surface area contributed by atoms with E-state index in [4.69, 9.17) is 19.6 Å². The van der Waals surface area contributed by atoms with Crippen molar-refractivity contribution in [1.29, 1.82) is 0 Å². The van der Waals surface area contributed by atoms with Crippen LogP contribution in [0.3, 0.4) is 0 Å². The Morgan fingerprint density at radius 3 is 2.51 bits per heavy atom. The first kappa shape index (κ1) is 22.4. The Kier molecular flexibility index (Phi) is 5.82. The normalized spacial score (nSPS) is 11.1. The minimum atomic E-state index is -0.187. The Labute approximate surface area is 203 Å². The van der Waals surface area contributed by atoms with Gasteiger partial charge in [-0.3, -0.25) is 9.20 Å². The molecule has 0 amide bonds. The van der Waals surface area contributed by atoms with Gasteiger partial charge in [0.05, 0.1) is 24.1 Å². The Morgan fingerprint density at radius 2 is 1.74 bits per heavy atom. The van der Waals surface area contributed by atoms with Crippen LogP contribution >= 0.6 is 0 Å². The molecule has 0 bridgehead atoms. The molecule has 176 valence electrons. The molecule has 0 unspecified atom stereocenters. The molecule has 0 saturated heterocycles. The van der Waals surface area contributed by atoms with Crippen LogP contribution in [0.15, 0.2) is 77.7 Å². The third-order valence-electron chi connectivity index (χ3n) is 5.95. The maximum atomic E-state index is 13.6. The van der Waals surface area contributed by atoms with Crippen molar-refractivity contribution in [3.05, 3.63) is 106 Å². The summed E-state index contributed by atoms with van der Waals surface area (Å²) in [7, 11) is 1.63. The highest BCUT2D eigenvalue weighted by Gasteiger charge is 2.18. The van der Waals surface area contributed by atoms with Gasteiger partial charge in [-0.05, 0) is 68.8 Å². The number of fused-ring (bicyclic) bond motifs is 1. The quantitative estimate of drug-likeness (QED) is 0.350. The van der Waals surface area contributed by atoms with Gasteiger partial charge in [-0.1, -0.05) is 29.8 Å². The number of aryl methyl sites for hydroxylation is 3. The molecule has 7 nitrogen and oxygen atoms in total. The van der Waals surface area contributed by atoms with E-state index in [9.17, 15) is 4.79 Å². The molecule has 0 aliphatic heterocycles. The Balaban J connectivity index is 1.53. The average Bonchev–Trinajstić information content (AvgIpc) is 3.24. The molecular formula is C28H26N4O3. The van der Waals surface area contributed by atoms with Crippen LogP contribution in [0.4, 0.5) is 0 Å². The lowest BCUT2D eigenvalue weighted by Crippen LogP contribution is -2.19. The van der Waals surface area contributed by atoms with Crippen molar-refractivity contribution in [2.24, 2.45) is 0 Å². The summed E-state index contributed by atoms with van der Waals surface area (Å²) in [6.45, 7) is 6.18. The molecule has 35 heavy (non-hydrogen) atoms. The van der Waals surface area contributed by atoms with Crippen LogP contribution in [0.5, 0.6) is 11.5 Å². The van der Waals surface area contributed by atoms with E-state index in [1.54, 1.807) is 19.4 Å². The summed E-state index contributed by atoms with van der Waals surface area (Å²) in [5, 5.41) is 4.74. The summed E-state index contributed by atoms with van der Waals surface area (Å²) in [5.74, 6) is 1.29. The van der Waals surface area contributed by atoms with E-state index < -0.39 is 0 Å². The molecule has 5 aromatic rings. The number of benzene rings is 2. The largest absolute Gasteiger partial charge is 0.497 e. The van der Waals surface area contributed by atoms with Gasteiger partial charge in [0, 0.05) is 11.9 Å². The van der Waals surface area contributed by atoms with Crippen molar-refractivity contribution in [1.82, 2.24) is 19.2 Å². The van der Waals surface area contributed by atoms with Gasteiger partial charge in [0.2, 0.25) is 0 Å². The zero-order chi connectivity index (χ0) is 24.5. The summed E-state index contributed by atoms with van der Waals surface area (Å²) in [6.07, 6.45) is 1.70. The van der Waals surface area contributed by atoms with E-state index in [2.05, 4.69) is 0 Å². The fraction of sp³-hybridized carbons (Fsp3) is 0.179. The molecule has 5 rings (SSSR count). The summed E-state index contributed by atoms with van der Waals surface area (Å²) >= 11 is 0. The van der Waals surface area contributed by atoms with E-state index in [1.165, 1.54) is 9.96 Å². The maximum absolute atomic E-state index is 13.6. The number of hydrogen-bond donors (Lipinski definition) is 0. The second-order valence-corrected chi connectivity index (χ2v) is 8.50. The van der Waals surface area contributed by atoms with Crippen molar-refractivity contribution in [2.45, 2.75) is 27.4 Å². The van der Waals surface area contributed by atoms with Gasteiger partial charge < -0.3 is 9.47 Å². The lowest BCUT2D eigenvalue weighted by Gasteiger charge is -2.12. The predicted octanol–water partition coefficient (Wildman–Crippen LogP) is 5.06. The molecule has 3 heterocycles. The van der Waals surface area contributed by atoms with E-state index in [0.717, 1.165) is 22.7 Å². The lowest BCUT2D eigenvalue weighted by molar-refractivity contribution is 0.306. The fourth-order valence-electron chi connectivity index (χ4n) is 4.12. The number of rotatable bonds is 6. The molecular weight excluding hydrogens is 440 g/mol. The second kappa shape index (κ2) is 9.10. The summed E-state index contributed by atoms with van der Waals surface area (Å²) in [5.41, 5.74) is 5.96. The van der Waals surface area contributed by atoms with Crippen LogP contribution in [0, 0.1) is 20.8 Å². The van der Waals surface area contributed by atoms with Crippen LogP contribution in [-0.4, -0.2) is 26.3 Å². The molecule has 0 fully saturated rings. The van der Waals surface area contributed by atoms with Crippen molar-refractivity contribution < 1.29 is 9.47 Å². The number of aromatic nitrogens is 4. The third kappa shape index (κ3) is 4.28. The Morgan fingerprint density at radius 1 is 0.943 bits per heavy atom. The predicted molar refractivity (Wildman–Crippen MR) is 136 cm³/mol. The Hall–Kier alpha value is -4.39. The average molecular weight is 467 g/mol. The molecule has 0 spiro atoms. The Bertz CT molecular complexity index is 1580. The van der Waals surface area contributed by atoms with Crippen LogP contribution in [0.2, 0.25) is 0 Å². The summed E-state index contributed by atoms with van der Waals surface area (Å²) in [6, 6.07) is 21.3. The van der Waals surface area contributed by atoms with Crippen molar-refractivity contribution in [2.75, 3.05) is 7.11 Å². The minimum absolute atomic E-state index is 0.187. The van der Waals surface area contributed by atoms with Crippen molar-refractivity contribution >= 4 is 5.65 Å². The highest BCUT2D eigenvalue weighted by atomic mass is 16.5. The monoisotopic (exact) mass is 466 g/mol. The first-order valence-corrected chi connectivity index (χ1v) is 11.4. The van der Waals surface area contributed by atoms with E-state index in [-0.39, 0.29) is 5.56 Å². The van der Waals surface area contributed by atoms with Crippen molar-refractivity contribution in [3.8, 4) is 28.4 Å². The lowest BCUT2D eigenvalue weighted by atomic mass is 10.1. The van der Waals surface area contributed by atoms with Gasteiger partial charge in [-0.25, -0.2) is 9.67 Å². The number of pyridine rings is 1. The highest BCUT2D eigenvalue weighted by molar-refractivity contribution is 5.65. The molecule has 0 aliphatic rings. The number of hydrogen-bond acceptors (Lipinski definition) is 5. The second-order valence-electron chi connectivity index (χ2n) is 8.50. The van der Waals surface area contributed by atoms with E-state index in [0.29, 0.717) is 35.0 Å². The SMILES string of the molecule is COc1cccc(COc2cccn3c(=O)c(-c4cc(C)n(-c5ccc(C)cc5)n4)c(C)nc23)c1. The molecule has 0 radical (unpaired) electrons. The number of methoxy groups -OCH3 is 1. The van der Waals surface area contributed by atoms with Gasteiger partial charge in [-0.15, -0.1) is 0 Å². The number of ether oxygens (including phenoxy) is 2. The molecule has 3 aromatic heterocycles. The number of nitrogens with zero attached hydrogens (tertiary/aromatic N) is 4. The first-order chi connectivity index (χ1) is 16.9. The van der Waals surface area contributed by atoms with Gasteiger partial charge in [0.25, 0.3) is 5.56 Å². The molecule has 0 saturated carbocycles. The molecule has 7 heteroatoms. The van der Waals surface area contributed by atoms with Gasteiger partial charge in [-0.2, -0.15) is 5.10 Å². The molecule has 0 atom stereocenters. The van der Waals surface area contributed by atoms with Gasteiger partial charge >= 0.3 is 0 Å². The van der Waals surface area contributed by atoms with Crippen LogP contribution in [-0.2, 0) is 6.61 Å². The van der Waals surface area contributed by atoms with Gasteiger partial charge in [0.15, 0.2) is 11.4 Å². The molecule has 2 aromatic carbocycles. The highest BCUT2D eigenvalue weighted by Crippen LogP contribution is 2.25. The maximum Gasteiger partial charge on any atom is 0.267 e. The molecule has 0 aliphatic carbocycles. The van der Waals surface area contributed by atoms with Crippen molar-refractivity contribution in [3.63, 3.8) is 0 Å². The van der Waals surface area contributed by atoms with E-state index in [1.807, 2.05) is 86.1 Å². The zero-order valence-electron chi connectivity index (χ0n) is 20.1. The zero-order valence-corrected chi connectivity index (χ0v) is 20.1. The minimum Gasteiger partial charge on any atom is -0.497 e. The first-order valence-electron chi connectivity index (χ1n) is 11.4. The smallest absolute Gasteiger partial charge is 0.267 e. The standard InChI is InChI=1S/C28H26N4O3/c1-18-10-12-22(13-11-18)32-19(2)15-24(30-32)26-20(3)29-27-25(9-6-14-31(27)28(26)33)35-17-21-7-5-8-23(16-21)34-4/h5-16H,17H2,1-4H3. The van der Waals surface area contributed by atoms with Crippen LogP contribution in [0.25, 0.3) is 22.6 Å². The molecule has 0 N–H and O–H groups in total. The summed E-state index contributed by atoms with van der Waals surface area (Å²) in [4.78, 5) is 18.3. The topological polar surface area (TPSA) is 70.7 Å². The third-order valence-corrected chi connectivity index (χ3v) is 5.95. The van der Waals surface area contributed by atoms with E-state index >= 15 is 0 Å².